The highest BCUT2D eigenvalue weighted by molar-refractivity contribution is 6.05. The molecule has 0 bridgehead atoms. The number of carboxylic acids is 1. The lowest BCUT2D eigenvalue weighted by atomic mass is 10.1. The molecule has 0 fully saturated rings. The summed E-state index contributed by atoms with van der Waals surface area (Å²) in [6, 6.07) is 13.6. The third-order valence-electron chi connectivity index (χ3n) is 4.06. The van der Waals surface area contributed by atoms with E-state index in [2.05, 4.69) is 17.4 Å². The van der Waals surface area contributed by atoms with Gasteiger partial charge in [0.15, 0.2) is 0 Å². The summed E-state index contributed by atoms with van der Waals surface area (Å²) in [6.45, 7) is 2.75. The number of hydrogen-bond acceptors (Lipinski definition) is 5. The van der Waals surface area contributed by atoms with Crippen molar-refractivity contribution in [1.82, 2.24) is 0 Å². The lowest BCUT2D eigenvalue weighted by Crippen LogP contribution is -2.12. The van der Waals surface area contributed by atoms with E-state index in [1.54, 1.807) is 48.5 Å². The number of carbonyl (C=O) groups is 2. The first-order chi connectivity index (χ1) is 13.5. The lowest BCUT2D eigenvalue weighted by Gasteiger charge is -2.09. The van der Waals surface area contributed by atoms with Crippen molar-refractivity contribution < 1.29 is 24.6 Å². The fourth-order valence-corrected chi connectivity index (χ4v) is 2.46. The summed E-state index contributed by atoms with van der Waals surface area (Å²) in [5.41, 5.74) is 1.95. The fraction of sp³-hybridized carbons (Fsp3) is 0.286. The number of hydrogen-bond donors (Lipinski definition) is 3. The van der Waals surface area contributed by atoms with Crippen LogP contribution in [0.2, 0.25) is 0 Å². The summed E-state index contributed by atoms with van der Waals surface area (Å²) >= 11 is 0. The SMILES string of the molecule is CCCCOc1ccc(C(=O)Nc2ccc(/C(CCC(=O)O)=N/O)cc2)cc1. The average molecular weight is 384 g/mol. The summed E-state index contributed by atoms with van der Waals surface area (Å²) in [4.78, 5) is 23.0. The Bertz CT molecular complexity index is 814. The molecule has 0 saturated carbocycles. The first kappa shape index (κ1) is 21.0. The van der Waals surface area contributed by atoms with Crippen LogP contribution in [0.4, 0.5) is 5.69 Å². The molecule has 0 aromatic heterocycles. The number of rotatable bonds is 10. The maximum Gasteiger partial charge on any atom is 0.303 e. The van der Waals surface area contributed by atoms with Gasteiger partial charge in [-0.25, -0.2) is 0 Å². The van der Waals surface area contributed by atoms with Gasteiger partial charge in [0.25, 0.3) is 5.91 Å². The standard InChI is InChI=1S/C21H24N2O5/c1-2-3-14-28-18-10-6-16(7-11-18)21(26)22-17-8-4-15(5-9-17)19(23-27)12-13-20(24)25/h4-11,27H,2-3,12-14H2,1H3,(H,22,26)(H,24,25)/b23-19+. The third-order valence-corrected chi connectivity index (χ3v) is 4.06. The van der Waals surface area contributed by atoms with Crippen LogP contribution < -0.4 is 10.1 Å². The zero-order valence-corrected chi connectivity index (χ0v) is 15.7. The van der Waals surface area contributed by atoms with Crippen LogP contribution in [0.25, 0.3) is 0 Å². The molecule has 7 nitrogen and oxygen atoms in total. The summed E-state index contributed by atoms with van der Waals surface area (Å²) in [7, 11) is 0. The van der Waals surface area contributed by atoms with E-state index in [9.17, 15) is 9.59 Å². The number of carboxylic acid groups (broad SMARTS) is 1. The Morgan fingerprint density at radius 2 is 1.64 bits per heavy atom. The average Bonchev–Trinajstić information content (AvgIpc) is 2.70. The van der Waals surface area contributed by atoms with Crippen LogP contribution in [0.1, 0.15) is 48.5 Å². The van der Waals surface area contributed by atoms with E-state index >= 15 is 0 Å². The smallest absolute Gasteiger partial charge is 0.303 e. The Morgan fingerprint density at radius 1 is 1.00 bits per heavy atom. The Labute approximate surface area is 163 Å². The second kappa shape index (κ2) is 10.7. The zero-order valence-electron chi connectivity index (χ0n) is 15.7. The molecule has 0 aliphatic rings. The van der Waals surface area contributed by atoms with Gasteiger partial charge in [-0.3, -0.25) is 9.59 Å². The van der Waals surface area contributed by atoms with Crippen LogP contribution in [0.3, 0.4) is 0 Å². The van der Waals surface area contributed by atoms with Gasteiger partial charge in [0, 0.05) is 17.7 Å². The number of amides is 1. The maximum absolute atomic E-state index is 12.4. The Kier molecular flexibility index (Phi) is 8.02. The second-order valence-corrected chi connectivity index (χ2v) is 6.20. The van der Waals surface area contributed by atoms with E-state index in [1.807, 2.05) is 0 Å². The minimum absolute atomic E-state index is 0.115. The van der Waals surface area contributed by atoms with Crippen LogP contribution in [0.5, 0.6) is 5.75 Å². The molecule has 2 aromatic rings. The number of ether oxygens (including phenoxy) is 1. The predicted molar refractivity (Wildman–Crippen MR) is 106 cm³/mol. The van der Waals surface area contributed by atoms with Crippen molar-refractivity contribution in [2.45, 2.75) is 32.6 Å². The van der Waals surface area contributed by atoms with Crippen molar-refractivity contribution in [2.75, 3.05) is 11.9 Å². The van der Waals surface area contributed by atoms with Crippen LogP contribution in [-0.2, 0) is 4.79 Å². The van der Waals surface area contributed by atoms with Gasteiger partial charge in [-0.2, -0.15) is 0 Å². The van der Waals surface area contributed by atoms with Crippen molar-refractivity contribution in [3.05, 3.63) is 59.7 Å². The molecule has 0 saturated heterocycles. The Balaban J connectivity index is 1.95. The molecular weight excluding hydrogens is 360 g/mol. The van der Waals surface area contributed by atoms with Crippen molar-refractivity contribution in [1.29, 1.82) is 0 Å². The number of carbonyl (C=O) groups excluding carboxylic acids is 1. The van der Waals surface area contributed by atoms with E-state index in [-0.39, 0.29) is 24.5 Å². The van der Waals surface area contributed by atoms with Crippen LogP contribution in [0, 0.1) is 0 Å². The largest absolute Gasteiger partial charge is 0.494 e. The predicted octanol–water partition coefficient (Wildman–Crippen LogP) is 4.16. The summed E-state index contributed by atoms with van der Waals surface area (Å²) in [6.07, 6.45) is 2.03. The number of aliphatic carboxylic acids is 1. The summed E-state index contributed by atoms with van der Waals surface area (Å²) < 4.78 is 5.58. The molecule has 2 aromatic carbocycles. The van der Waals surface area contributed by atoms with E-state index < -0.39 is 5.97 Å². The normalized spacial score (nSPS) is 11.1. The number of nitrogens with one attached hydrogen (secondary N) is 1. The molecular formula is C21H24N2O5. The van der Waals surface area contributed by atoms with Crippen molar-refractivity contribution >= 4 is 23.3 Å². The lowest BCUT2D eigenvalue weighted by molar-refractivity contribution is -0.136. The molecule has 2 rings (SSSR count). The highest BCUT2D eigenvalue weighted by Gasteiger charge is 2.10. The first-order valence-electron chi connectivity index (χ1n) is 9.11. The summed E-state index contributed by atoms with van der Waals surface area (Å²) in [5.74, 6) is -0.492. The number of benzene rings is 2. The van der Waals surface area contributed by atoms with Gasteiger partial charge in [-0.15, -0.1) is 0 Å². The second-order valence-electron chi connectivity index (χ2n) is 6.20. The first-order valence-corrected chi connectivity index (χ1v) is 9.11. The van der Waals surface area contributed by atoms with E-state index in [1.165, 1.54) is 0 Å². The molecule has 1 amide bonds. The van der Waals surface area contributed by atoms with Crippen molar-refractivity contribution in [2.24, 2.45) is 5.16 Å². The van der Waals surface area contributed by atoms with Gasteiger partial charge in [0.2, 0.25) is 0 Å². The molecule has 0 radical (unpaired) electrons. The number of nitrogens with zero attached hydrogens (tertiary/aromatic N) is 1. The van der Waals surface area contributed by atoms with Gasteiger partial charge >= 0.3 is 5.97 Å². The van der Waals surface area contributed by atoms with Crippen LogP contribution in [0.15, 0.2) is 53.7 Å². The van der Waals surface area contributed by atoms with Gasteiger partial charge in [-0.05, 0) is 48.4 Å². The zero-order chi connectivity index (χ0) is 20.4. The molecule has 0 unspecified atom stereocenters. The molecule has 0 atom stereocenters. The number of anilines is 1. The summed E-state index contributed by atoms with van der Waals surface area (Å²) in [5, 5.41) is 23.7. The topological polar surface area (TPSA) is 108 Å². The molecule has 0 aliphatic carbocycles. The van der Waals surface area contributed by atoms with Gasteiger partial charge in [0.05, 0.1) is 18.7 Å². The molecule has 0 aliphatic heterocycles. The van der Waals surface area contributed by atoms with Crippen molar-refractivity contribution in [3.63, 3.8) is 0 Å². The molecule has 148 valence electrons. The quantitative estimate of drug-likeness (QED) is 0.247. The van der Waals surface area contributed by atoms with Crippen LogP contribution >= 0.6 is 0 Å². The Morgan fingerprint density at radius 3 is 2.21 bits per heavy atom. The van der Waals surface area contributed by atoms with E-state index in [0.29, 0.717) is 23.4 Å². The van der Waals surface area contributed by atoms with E-state index in [4.69, 9.17) is 15.1 Å². The fourth-order valence-electron chi connectivity index (χ4n) is 2.46. The van der Waals surface area contributed by atoms with Crippen LogP contribution in [-0.4, -0.2) is 34.5 Å². The van der Waals surface area contributed by atoms with E-state index in [0.717, 1.165) is 18.6 Å². The minimum atomic E-state index is -0.966. The molecule has 3 N–H and O–H groups in total. The maximum atomic E-state index is 12.4. The molecule has 0 spiro atoms. The third kappa shape index (κ3) is 6.42. The molecule has 7 heteroatoms. The van der Waals surface area contributed by atoms with Gasteiger partial charge in [0.1, 0.15) is 5.75 Å². The van der Waals surface area contributed by atoms with Gasteiger partial charge in [-0.1, -0.05) is 30.6 Å². The van der Waals surface area contributed by atoms with Crippen molar-refractivity contribution in [3.8, 4) is 5.75 Å². The van der Waals surface area contributed by atoms with Gasteiger partial charge < -0.3 is 20.4 Å². The highest BCUT2D eigenvalue weighted by Crippen LogP contribution is 2.16. The number of oxime groups is 1. The molecule has 0 heterocycles. The number of unbranched alkanes of at least 4 members (excludes halogenated alkanes) is 1. The Hall–Kier alpha value is -3.35. The molecule has 28 heavy (non-hydrogen) atoms. The monoisotopic (exact) mass is 384 g/mol. The minimum Gasteiger partial charge on any atom is -0.494 e. The highest BCUT2D eigenvalue weighted by atomic mass is 16.5.